The fourth-order valence-corrected chi connectivity index (χ4v) is 1.41. The third kappa shape index (κ3) is 9.71. The first kappa shape index (κ1) is 21.1. The molecule has 1 atom stereocenters. The predicted octanol–water partition coefficient (Wildman–Crippen LogP) is 2.81. The molecule has 132 valence electrons. The monoisotopic (exact) mass is 328 g/mol. The Labute approximate surface area is 137 Å². The molecule has 0 radical (unpaired) electrons. The molecule has 0 bridgehead atoms. The van der Waals surface area contributed by atoms with Gasteiger partial charge in [0.25, 0.3) is 0 Å². The van der Waals surface area contributed by atoms with Gasteiger partial charge in [-0.2, -0.15) is 0 Å². The summed E-state index contributed by atoms with van der Waals surface area (Å²) < 4.78 is 10.2. The molecule has 0 aromatic heterocycles. The van der Waals surface area contributed by atoms with Gasteiger partial charge >= 0.3 is 17.9 Å². The Bertz CT molecular complexity index is 464. The summed E-state index contributed by atoms with van der Waals surface area (Å²) in [5.41, 5.74) is -0.865. The lowest BCUT2D eigenvalue weighted by Gasteiger charge is -2.22. The van der Waals surface area contributed by atoms with Crippen molar-refractivity contribution >= 4 is 17.9 Å². The highest BCUT2D eigenvalue weighted by Gasteiger charge is 2.31. The van der Waals surface area contributed by atoms with Crippen molar-refractivity contribution in [2.75, 3.05) is 13.2 Å². The Hall–Kier alpha value is -1.85. The van der Waals surface area contributed by atoms with E-state index >= 15 is 0 Å². The van der Waals surface area contributed by atoms with E-state index in [1.54, 1.807) is 0 Å². The van der Waals surface area contributed by atoms with Gasteiger partial charge in [-0.3, -0.25) is 9.59 Å². The van der Waals surface area contributed by atoms with Crippen molar-refractivity contribution in [1.29, 1.82) is 0 Å². The van der Waals surface area contributed by atoms with Crippen molar-refractivity contribution in [3.63, 3.8) is 0 Å². The zero-order valence-corrected chi connectivity index (χ0v) is 14.9. The summed E-state index contributed by atoms with van der Waals surface area (Å²) in [6, 6.07) is 0. The number of hydrogen-bond donors (Lipinski definition) is 1. The van der Waals surface area contributed by atoms with E-state index in [1.165, 1.54) is 0 Å². The second-order valence-corrected chi connectivity index (χ2v) is 7.98. The number of carbonyl (C=O) groups is 3. The molecule has 0 saturated carbocycles. The summed E-state index contributed by atoms with van der Waals surface area (Å²) in [6.07, 6.45) is -0.399. The van der Waals surface area contributed by atoms with E-state index in [0.29, 0.717) is 0 Å². The van der Waals surface area contributed by atoms with Crippen LogP contribution in [-0.2, 0) is 23.9 Å². The van der Waals surface area contributed by atoms with Gasteiger partial charge in [0, 0.05) is 5.57 Å². The molecule has 0 aromatic carbocycles. The average Bonchev–Trinajstić information content (AvgIpc) is 2.37. The zero-order chi connectivity index (χ0) is 18.4. The van der Waals surface area contributed by atoms with Crippen molar-refractivity contribution in [3.05, 3.63) is 12.2 Å². The molecule has 0 fully saturated rings. The first-order valence-corrected chi connectivity index (χ1v) is 7.47. The van der Waals surface area contributed by atoms with Crippen LogP contribution in [0.2, 0.25) is 0 Å². The molecule has 1 N–H and O–H groups in total. The van der Waals surface area contributed by atoms with Crippen LogP contribution in [0, 0.1) is 16.7 Å². The molecule has 0 saturated heterocycles. The molecule has 0 aliphatic heterocycles. The van der Waals surface area contributed by atoms with E-state index in [0.717, 1.165) is 0 Å². The maximum Gasteiger partial charge on any atom is 0.331 e. The molecular formula is C17H28O6. The number of ether oxygens (including phenoxy) is 2. The molecule has 0 amide bonds. The number of esters is 2. The molecular weight excluding hydrogens is 300 g/mol. The number of hydrogen-bond acceptors (Lipinski definition) is 5. The molecule has 6 nitrogen and oxygen atoms in total. The molecule has 23 heavy (non-hydrogen) atoms. The molecule has 0 rings (SSSR count). The standard InChI is InChI=1S/C17H28O6/c1-11(14(19)20)12(15(21)23-10-17(5,6)7)8-13(18)22-9-16(2,3)4/h12H,1,8-10H2,2-7H3,(H,19,20). The fourth-order valence-electron chi connectivity index (χ4n) is 1.41. The van der Waals surface area contributed by atoms with Gasteiger partial charge in [-0.15, -0.1) is 0 Å². The van der Waals surface area contributed by atoms with Gasteiger partial charge in [-0.25, -0.2) is 4.79 Å². The van der Waals surface area contributed by atoms with Gasteiger partial charge in [-0.1, -0.05) is 48.1 Å². The van der Waals surface area contributed by atoms with Crippen LogP contribution in [0.1, 0.15) is 48.0 Å². The van der Waals surface area contributed by atoms with Gasteiger partial charge in [0.2, 0.25) is 0 Å². The third-order valence-electron chi connectivity index (χ3n) is 2.66. The average molecular weight is 328 g/mol. The number of rotatable bonds is 7. The molecule has 0 aliphatic rings. The van der Waals surface area contributed by atoms with Gasteiger partial charge in [0.05, 0.1) is 25.6 Å². The summed E-state index contributed by atoms with van der Waals surface area (Å²) >= 11 is 0. The van der Waals surface area contributed by atoms with E-state index < -0.39 is 30.2 Å². The third-order valence-corrected chi connectivity index (χ3v) is 2.66. The van der Waals surface area contributed by atoms with Crippen molar-refractivity contribution in [1.82, 2.24) is 0 Å². The van der Waals surface area contributed by atoms with Crippen molar-refractivity contribution in [2.45, 2.75) is 48.0 Å². The van der Waals surface area contributed by atoms with E-state index in [2.05, 4.69) is 6.58 Å². The quantitative estimate of drug-likeness (QED) is 0.571. The minimum atomic E-state index is -1.34. The van der Waals surface area contributed by atoms with Crippen LogP contribution in [0.4, 0.5) is 0 Å². The van der Waals surface area contributed by atoms with Crippen LogP contribution in [-0.4, -0.2) is 36.2 Å². The van der Waals surface area contributed by atoms with Crippen molar-refractivity contribution in [3.8, 4) is 0 Å². The Morgan fingerprint density at radius 3 is 1.78 bits per heavy atom. The Kier molecular flexibility index (Phi) is 7.48. The fraction of sp³-hybridized carbons (Fsp3) is 0.706. The predicted molar refractivity (Wildman–Crippen MR) is 85.7 cm³/mol. The highest BCUT2D eigenvalue weighted by Crippen LogP contribution is 2.21. The van der Waals surface area contributed by atoms with E-state index in [1.807, 2.05) is 41.5 Å². The highest BCUT2D eigenvalue weighted by molar-refractivity contribution is 5.95. The van der Waals surface area contributed by atoms with E-state index in [4.69, 9.17) is 14.6 Å². The number of aliphatic carboxylic acids is 1. The molecule has 1 unspecified atom stereocenters. The Balaban J connectivity index is 4.89. The summed E-state index contributed by atoms with van der Waals surface area (Å²) in [4.78, 5) is 35.1. The van der Waals surface area contributed by atoms with Gasteiger partial charge in [0.1, 0.15) is 0 Å². The van der Waals surface area contributed by atoms with Crippen molar-refractivity contribution in [2.24, 2.45) is 16.7 Å². The largest absolute Gasteiger partial charge is 0.478 e. The van der Waals surface area contributed by atoms with E-state index in [9.17, 15) is 14.4 Å². The molecule has 0 aromatic rings. The smallest absolute Gasteiger partial charge is 0.331 e. The summed E-state index contributed by atoms with van der Waals surface area (Å²) in [6.45, 7) is 15.0. The van der Waals surface area contributed by atoms with Crippen LogP contribution in [0.5, 0.6) is 0 Å². The van der Waals surface area contributed by atoms with Gasteiger partial charge < -0.3 is 14.6 Å². The minimum absolute atomic E-state index is 0.117. The molecule has 0 heterocycles. The van der Waals surface area contributed by atoms with Crippen LogP contribution < -0.4 is 0 Å². The van der Waals surface area contributed by atoms with Crippen LogP contribution in [0.15, 0.2) is 12.2 Å². The van der Waals surface area contributed by atoms with E-state index in [-0.39, 0.29) is 29.6 Å². The maximum absolute atomic E-state index is 12.1. The SMILES string of the molecule is C=C(C(=O)O)C(CC(=O)OCC(C)(C)C)C(=O)OCC(C)(C)C. The van der Waals surface area contributed by atoms with Crippen LogP contribution in [0.25, 0.3) is 0 Å². The number of carboxylic acids is 1. The van der Waals surface area contributed by atoms with Crippen LogP contribution >= 0.6 is 0 Å². The minimum Gasteiger partial charge on any atom is -0.478 e. The number of carboxylic acid groups (broad SMARTS) is 1. The van der Waals surface area contributed by atoms with Gasteiger partial charge in [0.15, 0.2) is 0 Å². The number of carbonyl (C=O) groups excluding carboxylic acids is 2. The van der Waals surface area contributed by atoms with Crippen molar-refractivity contribution < 1.29 is 29.0 Å². The Morgan fingerprint density at radius 2 is 1.39 bits per heavy atom. The second kappa shape index (κ2) is 8.13. The summed E-state index contributed by atoms with van der Waals surface area (Å²) in [7, 11) is 0. The second-order valence-electron chi connectivity index (χ2n) is 7.98. The lowest BCUT2D eigenvalue weighted by molar-refractivity contribution is -0.157. The van der Waals surface area contributed by atoms with Crippen LogP contribution in [0.3, 0.4) is 0 Å². The maximum atomic E-state index is 12.1. The molecule has 0 spiro atoms. The first-order chi connectivity index (χ1) is 10.2. The van der Waals surface area contributed by atoms with Gasteiger partial charge in [-0.05, 0) is 10.8 Å². The zero-order valence-electron chi connectivity index (χ0n) is 14.9. The lowest BCUT2D eigenvalue weighted by Crippen LogP contribution is -2.30. The topological polar surface area (TPSA) is 89.9 Å². The lowest BCUT2D eigenvalue weighted by atomic mass is 9.95. The molecule has 0 aliphatic carbocycles. The summed E-state index contributed by atoms with van der Waals surface area (Å²) in [5, 5.41) is 9.04. The molecule has 6 heteroatoms. The highest BCUT2D eigenvalue weighted by atomic mass is 16.5. The summed E-state index contributed by atoms with van der Waals surface area (Å²) in [5.74, 6) is -4.02. The Morgan fingerprint density at radius 1 is 0.957 bits per heavy atom. The first-order valence-electron chi connectivity index (χ1n) is 7.47. The normalized spacial score (nSPS) is 13.1.